The number of rotatable bonds is 13. The van der Waals surface area contributed by atoms with Gasteiger partial charge in [-0.2, -0.15) is 0 Å². The first-order chi connectivity index (χ1) is 20.5. The van der Waals surface area contributed by atoms with Gasteiger partial charge in [0.25, 0.3) is 6.47 Å². The molecule has 0 aromatic heterocycles. The molecule has 0 aliphatic heterocycles. The van der Waals surface area contributed by atoms with E-state index < -0.39 is 11.9 Å². The van der Waals surface area contributed by atoms with Crippen molar-refractivity contribution in [2.75, 3.05) is 13.2 Å². The fourth-order valence-corrected chi connectivity index (χ4v) is 2.83. The Balaban J connectivity index is -0.000000977. The van der Waals surface area contributed by atoms with Gasteiger partial charge in [0, 0.05) is 24.5 Å². The van der Waals surface area contributed by atoms with E-state index in [0.29, 0.717) is 62.5 Å². The van der Waals surface area contributed by atoms with Gasteiger partial charge < -0.3 is 18.9 Å². The molecule has 0 unspecified atom stereocenters. The van der Waals surface area contributed by atoms with Crippen LogP contribution in [0.3, 0.4) is 0 Å². The van der Waals surface area contributed by atoms with Crippen LogP contribution in [0.25, 0.3) is 0 Å². The van der Waals surface area contributed by atoms with Gasteiger partial charge in [-0.3, -0.25) is 4.79 Å². The Bertz CT molecular complexity index is 930. The molecular formula is C35H54O7. The normalized spacial score (nSPS) is 13.1. The first-order valence-corrected chi connectivity index (χ1v) is 15.0. The van der Waals surface area contributed by atoms with E-state index in [9.17, 15) is 14.4 Å². The van der Waals surface area contributed by atoms with Crippen molar-refractivity contribution in [1.29, 1.82) is 0 Å². The smallest absolute Gasteiger partial charge is 0.339 e. The van der Waals surface area contributed by atoms with Crippen LogP contribution in [0.5, 0.6) is 0 Å². The summed E-state index contributed by atoms with van der Waals surface area (Å²) in [5.74, 6) is 0.848. The van der Waals surface area contributed by atoms with Crippen molar-refractivity contribution in [2.45, 2.75) is 93.9 Å². The maximum atomic E-state index is 12.2. The minimum absolute atomic E-state index is 0.340. The summed E-state index contributed by atoms with van der Waals surface area (Å²) in [5.41, 5.74) is 0.560. The maximum Gasteiger partial charge on any atom is 0.339 e. The van der Waals surface area contributed by atoms with Gasteiger partial charge in [0.1, 0.15) is 11.5 Å². The van der Waals surface area contributed by atoms with Crippen LogP contribution in [-0.4, -0.2) is 31.6 Å². The lowest BCUT2D eigenvalue weighted by Gasteiger charge is -2.15. The second kappa shape index (κ2) is 33.3. The third-order valence-corrected chi connectivity index (χ3v) is 4.79. The zero-order valence-corrected chi connectivity index (χ0v) is 27.1. The summed E-state index contributed by atoms with van der Waals surface area (Å²) < 4.78 is 20.6. The van der Waals surface area contributed by atoms with Crippen molar-refractivity contribution >= 4 is 18.4 Å². The lowest BCUT2D eigenvalue weighted by atomic mass is 10.0. The summed E-state index contributed by atoms with van der Waals surface area (Å²) in [6.07, 6.45) is 24.4. The van der Waals surface area contributed by atoms with E-state index in [1.165, 1.54) is 0 Å². The fourth-order valence-electron chi connectivity index (χ4n) is 2.83. The van der Waals surface area contributed by atoms with Gasteiger partial charge in [0.15, 0.2) is 0 Å². The third-order valence-electron chi connectivity index (χ3n) is 4.79. The highest BCUT2D eigenvalue weighted by atomic mass is 16.5. The Hall–Kier alpha value is -3.87. The van der Waals surface area contributed by atoms with Crippen molar-refractivity contribution in [1.82, 2.24) is 0 Å². The monoisotopic (exact) mass is 586 g/mol. The average molecular weight is 587 g/mol. The molecule has 0 spiro atoms. The van der Waals surface area contributed by atoms with Crippen LogP contribution in [-0.2, 0) is 33.3 Å². The number of carbonyl (C=O) groups is 3. The third kappa shape index (κ3) is 25.1. The highest BCUT2D eigenvalue weighted by molar-refractivity contribution is 5.89. The number of esters is 2. The Morgan fingerprint density at radius 1 is 0.881 bits per heavy atom. The van der Waals surface area contributed by atoms with Gasteiger partial charge in [-0.15, -0.1) is 0 Å². The number of unbranched alkanes of at least 4 members (excludes halogenated alkanes) is 1. The van der Waals surface area contributed by atoms with Crippen molar-refractivity contribution in [3.8, 4) is 0 Å². The van der Waals surface area contributed by atoms with E-state index in [4.69, 9.17) is 18.9 Å². The molecule has 42 heavy (non-hydrogen) atoms. The van der Waals surface area contributed by atoms with E-state index in [1.54, 1.807) is 31.2 Å². The van der Waals surface area contributed by atoms with Crippen LogP contribution in [0.1, 0.15) is 93.9 Å². The molecule has 2 rings (SSSR count). The number of carbonyl (C=O) groups excluding carboxylic acids is 3. The standard InChI is InChI=1S/C22H28O7.C7H8.3C2H6/c1-4-19(28-16-23)11-8-17(3)29-22(25)18-9-12-20(13-10-18)26-14-6-7-15-27-21(24)5-2;1-2-4-6-7-5-3-1;3*1-2/h5,8-9,11-12,16H,2,4,6-7,10,13-15H2,1,3H3;1-6H,7H2;3*1-2H3/b17-8+,19-11+;;;;. The SMILES string of the molecule is C1=CC=CCC=C1.C=CC(=O)OCCCCOC1=CC=C(C(=O)O/C(C)=C/C=C(\CC)OC=O)CC1.CC.CC.CC. The molecule has 0 saturated carbocycles. The molecule has 7 heteroatoms. The first-order valence-electron chi connectivity index (χ1n) is 15.0. The Labute approximate surface area is 255 Å². The second-order valence-electron chi connectivity index (χ2n) is 7.60. The van der Waals surface area contributed by atoms with Crippen molar-refractivity contribution in [3.05, 3.63) is 96.3 Å². The van der Waals surface area contributed by atoms with Gasteiger partial charge in [0.2, 0.25) is 0 Å². The number of allylic oxidation sites excluding steroid dienone is 13. The lowest BCUT2D eigenvalue weighted by Crippen LogP contribution is -2.10. The molecule has 0 aromatic rings. The highest BCUT2D eigenvalue weighted by Gasteiger charge is 2.16. The largest absolute Gasteiger partial charge is 0.498 e. The molecule has 0 saturated heterocycles. The molecule has 0 atom stereocenters. The second-order valence-corrected chi connectivity index (χ2v) is 7.60. The minimum atomic E-state index is -0.424. The van der Waals surface area contributed by atoms with E-state index in [-0.39, 0.29) is 0 Å². The van der Waals surface area contributed by atoms with E-state index in [0.717, 1.165) is 24.7 Å². The van der Waals surface area contributed by atoms with Gasteiger partial charge >= 0.3 is 11.9 Å². The van der Waals surface area contributed by atoms with Crippen LogP contribution in [0.15, 0.2) is 96.3 Å². The zero-order chi connectivity index (χ0) is 32.4. The van der Waals surface area contributed by atoms with Gasteiger partial charge in [-0.25, -0.2) is 9.59 Å². The van der Waals surface area contributed by atoms with E-state index in [1.807, 2.05) is 60.6 Å². The molecule has 7 nitrogen and oxygen atoms in total. The predicted octanol–water partition coefficient (Wildman–Crippen LogP) is 9.17. The summed E-state index contributed by atoms with van der Waals surface area (Å²) >= 11 is 0. The Morgan fingerprint density at radius 3 is 2.02 bits per heavy atom. The van der Waals surface area contributed by atoms with Crippen LogP contribution in [0.4, 0.5) is 0 Å². The molecular weight excluding hydrogens is 532 g/mol. The number of hydrogen-bond acceptors (Lipinski definition) is 7. The molecule has 2 aliphatic carbocycles. The topological polar surface area (TPSA) is 88.1 Å². The Kier molecular flexibility index (Phi) is 33.8. The highest BCUT2D eigenvalue weighted by Crippen LogP contribution is 2.21. The fraction of sp³-hybridized carbons (Fsp3) is 0.457. The summed E-state index contributed by atoms with van der Waals surface area (Å²) in [7, 11) is 0. The molecule has 0 fully saturated rings. The van der Waals surface area contributed by atoms with Crippen molar-refractivity contribution in [2.24, 2.45) is 0 Å². The summed E-state index contributed by atoms with van der Waals surface area (Å²) in [4.78, 5) is 33.5. The summed E-state index contributed by atoms with van der Waals surface area (Å²) in [5, 5.41) is 0. The van der Waals surface area contributed by atoms with Gasteiger partial charge in [0.05, 0.1) is 19.0 Å². The Morgan fingerprint density at radius 2 is 1.50 bits per heavy atom. The van der Waals surface area contributed by atoms with Crippen LogP contribution in [0.2, 0.25) is 0 Å². The van der Waals surface area contributed by atoms with Crippen LogP contribution < -0.4 is 0 Å². The number of hydrogen-bond donors (Lipinski definition) is 0. The molecule has 0 bridgehead atoms. The van der Waals surface area contributed by atoms with Gasteiger partial charge in [-0.05, 0) is 56.9 Å². The maximum absolute atomic E-state index is 12.2. The van der Waals surface area contributed by atoms with Crippen LogP contribution >= 0.6 is 0 Å². The van der Waals surface area contributed by atoms with Gasteiger partial charge in [-0.1, -0.05) is 91.5 Å². The lowest BCUT2D eigenvalue weighted by molar-refractivity contribution is -0.138. The first kappa shape index (κ1) is 42.6. The van der Waals surface area contributed by atoms with E-state index >= 15 is 0 Å². The molecule has 0 heterocycles. The summed E-state index contributed by atoms with van der Waals surface area (Å²) in [6.45, 7) is 20.1. The number of ether oxygens (including phenoxy) is 4. The quantitative estimate of drug-likeness (QED) is 0.0404. The minimum Gasteiger partial charge on any atom is -0.498 e. The molecule has 0 radical (unpaired) electrons. The van der Waals surface area contributed by atoms with E-state index in [2.05, 4.69) is 30.9 Å². The molecule has 0 aromatic carbocycles. The van der Waals surface area contributed by atoms with Crippen molar-refractivity contribution < 1.29 is 33.3 Å². The average Bonchev–Trinajstić information content (AvgIpc) is 3.38. The molecule has 2 aliphatic rings. The van der Waals surface area contributed by atoms with Crippen molar-refractivity contribution in [3.63, 3.8) is 0 Å². The molecule has 0 amide bonds. The molecule has 236 valence electrons. The zero-order valence-electron chi connectivity index (χ0n) is 27.1. The van der Waals surface area contributed by atoms with Crippen LogP contribution in [0, 0.1) is 0 Å². The molecule has 0 N–H and O–H groups in total. The predicted molar refractivity (Wildman–Crippen MR) is 173 cm³/mol. The summed E-state index contributed by atoms with van der Waals surface area (Å²) in [6, 6.07) is 0.